The van der Waals surface area contributed by atoms with E-state index in [-0.39, 0.29) is 12.5 Å². The number of piperidine rings is 1. The summed E-state index contributed by atoms with van der Waals surface area (Å²) in [5.74, 6) is -0.930. The molecule has 0 bridgehead atoms. The van der Waals surface area contributed by atoms with Gasteiger partial charge < -0.3 is 14.7 Å². The average molecular weight is 343 g/mol. The van der Waals surface area contributed by atoms with Gasteiger partial charge in [0, 0.05) is 37.5 Å². The highest BCUT2D eigenvalue weighted by Crippen LogP contribution is 2.33. The number of aromatic nitrogens is 2. The van der Waals surface area contributed by atoms with Gasteiger partial charge in [-0.3, -0.25) is 14.7 Å². The summed E-state index contributed by atoms with van der Waals surface area (Å²) in [7, 11) is 1.50. The maximum Gasteiger partial charge on any atom is 0.312 e. The van der Waals surface area contributed by atoms with Crippen molar-refractivity contribution in [3.05, 3.63) is 42.2 Å². The number of carbonyl (C=O) groups excluding carboxylic acids is 1. The number of H-pyrrole nitrogens is 1. The Bertz CT molecular complexity index is 732. The van der Waals surface area contributed by atoms with Gasteiger partial charge in [-0.2, -0.15) is 5.10 Å². The summed E-state index contributed by atoms with van der Waals surface area (Å²) in [6.07, 6.45) is 4.32. The lowest BCUT2D eigenvalue weighted by Crippen LogP contribution is -2.48. The molecule has 7 nitrogen and oxygen atoms in total. The first-order valence-electron chi connectivity index (χ1n) is 8.16. The largest absolute Gasteiger partial charge is 0.481 e. The first-order chi connectivity index (χ1) is 12.1. The Hall–Kier alpha value is -2.67. The van der Waals surface area contributed by atoms with E-state index in [2.05, 4.69) is 10.2 Å². The number of carboxylic acid groups (broad SMARTS) is 1. The maximum absolute atomic E-state index is 12.7. The smallest absolute Gasteiger partial charge is 0.312 e. The fourth-order valence-electron chi connectivity index (χ4n) is 3.23. The summed E-state index contributed by atoms with van der Waals surface area (Å²) in [4.78, 5) is 25.9. The molecule has 0 unspecified atom stereocenters. The summed E-state index contributed by atoms with van der Waals surface area (Å²) in [5.41, 5.74) is 1.65. The second kappa shape index (κ2) is 7.06. The Kier molecular flexibility index (Phi) is 4.85. The van der Waals surface area contributed by atoms with E-state index < -0.39 is 11.4 Å². The van der Waals surface area contributed by atoms with Crippen molar-refractivity contribution < 1.29 is 19.4 Å². The molecule has 1 fully saturated rings. The van der Waals surface area contributed by atoms with Crippen LogP contribution >= 0.6 is 0 Å². The average Bonchev–Trinajstić information content (AvgIpc) is 3.17. The van der Waals surface area contributed by atoms with Crippen molar-refractivity contribution in [3.8, 4) is 11.1 Å². The number of amides is 1. The van der Waals surface area contributed by atoms with E-state index in [1.54, 1.807) is 29.4 Å². The molecule has 1 aliphatic rings. The summed E-state index contributed by atoms with van der Waals surface area (Å²) in [6, 6.07) is 7.35. The molecular formula is C18H21N3O4. The molecule has 1 saturated heterocycles. The van der Waals surface area contributed by atoms with Crippen LogP contribution in [0, 0.1) is 5.41 Å². The van der Waals surface area contributed by atoms with E-state index in [1.165, 1.54) is 7.11 Å². The SMILES string of the molecule is COCC1(C(=O)O)CCN(C(=O)c2ccc(-c3cn[nH]c3)cc2)CC1. The zero-order valence-corrected chi connectivity index (χ0v) is 14.1. The van der Waals surface area contributed by atoms with Crippen LogP contribution < -0.4 is 0 Å². The fourth-order valence-corrected chi connectivity index (χ4v) is 3.23. The Morgan fingerprint density at radius 2 is 1.92 bits per heavy atom. The third-order valence-electron chi connectivity index (χ3n) is 4.85. The van der Waals surface area contributed by atoms with Gasteiger partial charge >= 0.3 is 5.97 Å². The molecule has 7 heteroatoms. The third-order valence-corrected chi connectivity index (χ3v) is 4.85. The monoisotopic (exact) mass is 343 g/mol. The number of ether oxygens (including phenoxy) is 1. The van der Waals surface area contributed by atoms with Crippen molar-refractivity contribution in [1.82, 2.24) is 15.1 Å². The molecule has 0 spiro atoms. The minimum absolute atomic E-state index is 0.0739. The van der Waals surface area contributed by atoms with E-state index in [0.29, 0.717) is 31.5 Å². The van der Waals surface area contributed by atoms with Crippen LogP contribution in [0.25, 0.3) is 11.1 Å². The normalized spacial score (nSPS) is 16.6. The van der Waals surface area contributed by atoms with Crippen molar-refractivity contribution in [1.29, 1.82) is 0 Å². The van der Waals surface area contributed by atoms with E-state index in [4.69, 9.17) is 4.74 Å². The van der Waals surface area contributed by atoms with Crippen molar-refractivity contribution >= 4 is 11.9 Å². The number of hydrogen-bond donors (Lipinski definition) is 2. The van der Waals surface area contributed by atoms with Gasteiger partial charge in [0.25, 0.3) is 5.91 Å². The molecule has 1 aromatic heterocycles. The number of nitrogens with one attached hydrogen (secondary N) is 1. The molecule has 1 amide bonds. The van der Waals surface area contributed by atoms with Crippen LogP contribution in [0.4, 0.5) is 0 Å². The van der Waals surface area contributed by atoms with Gasteiger partial charge in [-0.25, -0.2) is 0 Å². The number of carbonyl (C=O) groups is 2. The lowest BCUT2D eigenvalue weighted by atomic mass is 9.79. The van der Waals surface area contributed by atoms with E-state index in [0.717, 1.165) is 11.1 Å². The highest BCUT2D eigenvalue weighted by molar-refractivity contribution is 5.95. The molecule has 132 valence electrons. The summed E-state index contributed by atoms with van der Waals surface area (Å²) in [5, 5.41) is 16.2. The van der Waals surface area contributed by atoms with Crippen LogP contribution in [0.3, 0.4) is 0 Å². The molecule has 1 aromatic carbocycles. The van der Waals surface area contributed by atoms with Crippen molar-refractivity contribution in [2.45, 2.75) is 12.8 Å². The summed E-state index contributed by atoms with van der Waals surface area (Å²) in [6.45, 7) is 1.000. The van der Waals surface area contributed by atoms with Crippen molar-refractivity contribution in [2.24, 2.45) is 5.41 Å². The number of aromatic amines is 1. The van der Waals surface area contributed by atoms with Crippen molar-refractivity contribution in [2.75, 3.05) is 26.8 Å². The van der Waals surface area contributed by atoms with Gasteiger partial charge in [0.05, 0.1) is 18.2 Å². The molecular weight excluding hydrogens is 322 g/mol. The molecule has 3 rings (SSSR count). The molecule has 0 atom stereocenters. The predicted molar refractivity (Wildman–Crippen MR) is 91.1 cm³/mol. The number of benzene rings is 1. The molecule has 0 radical (unpaired) electrons. The van der Waals surface area contributed by atoms with Gasteiger partial charge in [0.2, 0.25) is 0 Å². The zero-order valence-electron chi connectivity index (χ0n) is 14.1. The quantitative estimate of drug-likeness (QED) is 0.866. The minimum atomic E-state index is -0.892. The first kappa shape index (κ1) is 17.2. The van der Waals surface area contributed by atoms with Crippen LogP contribution in [-0.2, 0) is 9.53 Å². The highest BCUT2D eigenvalue weighted by Gasteiger charge is 2.42. The number of carboxylic acids is 1. The number of methoxy groups -OCH3 is 1. The molecule has 0 saturated carbocycles. The topological polar surface area (TPSA) is 95.5 Å². The standard InChI is InChI=1S/C18H21N3O4/c1-25-12-18(17(23)24)6-8-21(9-7-18)16(22)14-4-2-13(3-5-14)15-10-19-20-11-15/h2-5,10-11H,6-9,12H2,1H3,(H,19,20)(H,23,24). The lowest BCUT2D eigenvalue weighted by Gasteiger charge is -2.38. The Labute approximate surface area is 145 Å². The summed E-state index contributed by atoms with van der Waals surface area (Å²) < 4.78 is 5.08. The number of hydrogen-bond acceptors (Lipinski definition) is 4. The Balaban J connectivity index is 1.67. The highest BCUT2D eigenvalue weighted by atomic mass is 16.5. The van der Waals surface area contributed by atoms with Gasteiger partial charge in [-0.1, -0.05) is 12.1 Å². The lowest BCUT2D eigenvalue weighted by molar-refractivity contribution is -0.155. The summed E-state index contributed by atoms with van der Waals surface area (Å²) >= 11 is 0. The van der Waals surface area contributed by atoms with Crippen molar-refractivity contribution in [3.63, 3.8) is 0 Å². The fraction of sp³-hybridized carbons (Fsp3) is 0.389. The number of nitrogens with zero attached hydrogens (tertiary/aromatic N) is 2. The van der Waals surface area contributed by atoms with E-state index >= 15 is 0 Å². The van der Waals surface area contributed by atoms with Gasteiger partial charge in [-0.15, -0.1) is 0 Å². The number of aliphatic carboxylic acids is 1. The van der Waals surface area contributed by atoms with E-state index in [1.807, 2.05) is 12.1 Å². The second-order valence-corrected chi connectivity index (χ2v) is 6.38. The predicted octanol–water partition coefficient (Wildman–Crippen LogP) is 2.03. The zero-order chi connectivity index (χ0) is 17.9. The Morgan fingerprint density at radius 1 is 1.24 bits per heavy atom. The van der Waals surface area contributed by atoms with E-state index in [9.17, 15) is 14.7 Å². The minimum Gasteiger partial charge on any atom is -0.481 e. The van der Waals surface area contributed by atoms with Gasteiger partial charge in [-0.05, 0) is 30.5 Å². The maximum atomic E-state index is 12.7. The molecule has 0 aliphatic carbocycles. The van der Waals surface area contributed by atoms with Crippen LogP contribution in [-0.4, -0.2) is 58.9 Å². The second-order valence-electron chi connectivity index (χ2n) is 6.38. The first-order valence-corrected chi connectivity index (χ1v) is 8.16. The van der Waals surface area contributed by atoms with Gasteiger partial charge in [0.1, 0.15) is 0 Å². The molecule has 2 heterocycles. The number of rotatable bonds is 5. The molecule has 2 aromatic rings. The Morgan fingerprint density at radius 3 is 2.44 bits per heavy atom. The molecule has 25 heavy (non-hydrogen) atoms. The van der Waals surface area contributed by atoms with Crippen LogP contribution in [0.5, 0.6) is 0 Å². The molecule has 2 N–H and O–H groups in total. The number of likely N-dealkylation sites (tertiary alicyclic amines) is 1. The van der Waals surface area contributed by atoms with Crippen LogP contribution in [0.1, 0.15) is 23.2 Å². The third kappa shape index (κ3) is 3.41. The molecule has 1 aliphatic heterocycles. The van der Waals surface area contributed by atoms with Crippen LogP contribution in [0.2, 0.25) is 0 Å². The van der Waals surface area contributed by atoms with Gasteiger partial charge in [0.15, 0.2) is 0 Å². The van der Waals surface area contributed by atoms with Crippen LogP contribution in [0.15, 0.2) is 36.7 Å².